The minimum Gasteiger partial charge on any atom is -0.395 e. The summed E-state index contributed by atoms with van der Waals surface area (Å²) in [6, 6.07) is 21.2. The van der Waals surface area contributed by atoms with E-state index in [2.05, 4.69) is 60.4 Å². The van der Waals surface area contributed by atoms with Crippen LogP contribution in [0, 0.1) is 0 Å². The van der Waals surface area contributed by atoms with Crippen molar-refractivity contribution in [3.63, 3.8) is 0 Å². The summed E-state index contributed by atoms with van der Waals surface area (Å²) in [5, 5.41) is 14.6. The average Bonchev–Trinajstić information content (AvgIpc) is 3.36. The summed E-state index contributed by atoms with van der Waals surface area (Å²) in [4.78, 5) is 21.8. The summed E-state index contributed by atoms with van der Waals surface area (Å²) in [6.07, 6.45) is 4.03. The van der Waals surface area contributed by atoms with Gasteiger partial charge in [-0.2, -0.15) is 0 Å². The first kappa shape index (κ1) is 26.5. The molecule has 1 aliphatic heterocycles. The molecular formula is C28H37N3O3SSi. The third kappa shape index (κ3) is 5.72. The molecular weight excluding hydrogens is 486 g/mol. The SMILES string of the molecule is CCCCC1(O[SiH](c2ccccc2)c2ccccc2)CCN1c1nc(C(=O)N(CCO)C(C)C)cs1. The van der Waals surface area contributed by atoms with Crippen molar-refractivity contribution in [2.24, 2.45) is 0 Å². The van der Waals surface area contributed by atoms with Gasteiger partial charge in [-0.15, -0.1) is 11.3 Å². The summed E-state index contributed by atoms with van der Waals surface area (Å²) in [5.41, 5.74) is 0.0212. The van der Waals surface area contributed by atoms with Crippen molar-refractivity contribution in [1.29, 1.82) is 0 Å². The van der Waals surface area contributed by atoms with Gasteiger partial charge in [0.25, 0.3) is 5.91 Å². The van der Waals surface area contributed by atoms with E-state index in [9.17, 15) is 9.90 Å². The van der Waals surface area contributed by atoms with Crippen molar-refractivity contribution < 1.29 is 14.3 Å². The van der Waals surface area contributed by atoms with Crippen molar-refractivity contribution >= 4 is 41.8 Å². The van der Waals surface area contributed by atoms with Crippen LogP contribution in [0.3, 0.4) is 0 Å². The van der Waals surface area contributed by atoms with Crippen molar-refractivity contribution in [1.82, 2.24) is 9.88 Å². The number of unbranched alkanes of at least 4 members (excludes halogenated alkanes) is 1. The molecule has 36 heavy (non-hydrogen) atoms. The molecule has 0 radical (unpaired) electrons. The zero-order valence-electron chi connectivity index (χ0n) is 21.5. The van der Waals surface area contributed by atoms with Crippen molar-refractivity contribution in [3.8, 4) is 0 Å². The Hall–Kier alpha value is -2.52. The molecule has 0 bridgehead atoms. The molecule has 4 rings (SSSR count). The second kappa shape index (κ2) is 12.1. The summed E-state index contributed by atoms with van der Waals surface area (Å²) in [7, 11) is -1.97. The van der Waals surface area contributed by atoms with Gasteiger partial charge in [-0.1, -0.05) is 74.0 Å². The Balaban J connectivity index is 1.64. The Kier molecular flexibility index (Phi) is 8.95. The summed E-state index contributed by atoms with van der Waals surface area (Å²) in [5.74, 6) is -0.136. The lowest BCUT2D eigenvalue weighted by molar-refractivity contribution is 0.00138. The largest absolute Gasteiger partial charge is 0.395 e. The molecule has 1 fully saturated rings. The Morgan fingerprint density at radius 1 is 1.17 bits per heavy atom. The molecule has 2 heterocycles. The normalized spacial score (nSPS) is 17.4. The highest BCUT2D eigenvalue weighted by Gasteiger charge is 2.48. The number of hydrogen-bond donors (Lipinski definition) is 1. The van der Waals surface area contributed by atoms with E-state index in [-0.39, 0.29) is 18.6 Å². The summed E-state index contributed by atoms with van der Waals surface area (Å²) < 4.78 is 7.21. The zero-order valence-corrected chi connectivity index (χ0v) is 23.4. The van der Waals surface area contributed by atoms with Gasteiger partial charge in [-0.25, -0.2) is 4.98 Å². The van der Waals surface area contributed by atoms with Gasteiger partial charge in [0.1, 0.15) is 11.4 Å². The smallest absolute Gasteiger partial charge is 0.273 e. The van der Waals surface area contributed by atoms with Crippen LogP contribution in [0.5, 0.6) is 0 Å². The van der Waals surface area contributed by atoms with E-state index in [1.54, 1.807) is 4.90 Å². The van der Waals surface area contributed by atoms with E-state index < -0.39 is 14.8 Å². The first-order chi connectivity index (χ1) is 17.5. The third-order valence-corrected chi connectivity index (χ3v) is 10.4. The monoisotopic (exact) mass is 523 g/mol. The van der Waals surface area contributed by atoms with Gasteiger partial charge < -0.3 is 19.3 Å². The standard InChI is InChI=1S/C28H37N3O3SSi/c1-4-5-16-28(34-36(23-12-8-6-9-13-23)24-14-10-7-11-15-24)17-18-31(28)27-29-25(21-35-27)26(33)30(19-20-32)22(2)3/h6-15,21-22,32,36H,4-5,16-20H2,1-3H3. The number of aliphatic hydroxyl groups is 1. The molecule has 6 nitrogen and oxygen atoms in total. The van der Waals surface area contributed by atoms with Crippen LogP contribution >= 0.6 is 11.3 Å². The van der Waals surface area contributed by atoms with Crippen LogP contribution in [0.2, 0.25) is 0 Å². The maximum absolute atomic E-state index is 13.1. The second-order valence-electron chi connectivity index (χ2n) is 9.60. The number of nitrogens with zero attached hydrogens (tertiary/aromatic N) is 3. The average molecular weight is 524 g/mol. The molecule has 192 valence electrons. The van der Waals surface area contributed by atoms with E-state index in [1.165, 1.54) is 21.7 Å². The number of hydrogen-bond acceptors (Lipinski definition) is 6. The number of benzene rings is 2. The van der Waals surface area contributed by atoms with E-state index in [0.29, 0.717) is 12.2 Å². The van der Waals surface area contributed by atoms with Crippen LogP contribution in [-0.4, -0.2) is 61.4 Å². The van der Waals surface area contributed by atoms with Crippen LogP contribution in [0.15, 0.2) is 66.0 Å². The molecule has 0 spiro atoms. The molecule has 1 atom stereocenters. The van der Waals surface area contributed by atoms with Crippen LogP contribution in [-0.2, 0) is 4.43 Å². The van der Waals surface area contributed by atoms with E-state index in [0.717, 1.165) is 37.4 Å². The summed E-state index contributed by atoms with van der Waals surface area (Å²) in [6.45, 7) is 7.22. The molecule has 2 aromatic carbocycles. The lowest BCUT2D eigenvalue weighted by Crippen LogP contribution is -2.66. The van der Waals surface area contributed by atoms with Crippen LogP contribution in [0.4, 0.5) is 5.13 Å². The molecule has 1 aromatic heterocycles. The van der Waals surface area contributed by atoms with Crippen LogP contribution in [0.25, 0.3) is 0 Å². The number of thiazole rings is 1. The number of aliphatic hydroxyl groups excluding tert-OH is 1. The highest BCUT2D eigenvalue weighted by molar-refractivity contribution is 7.14. The predicted octanol–water partition coefficient (Wildman–Crippen LogP) is 3.64. The molecule has 1 saturated heterocycles. The van der Waals surface area contributed by atoms with Gasteiger partial charge in [-0.05, 0) is 37.1 Å². The lowest BCUT2D eigenvalue weighted by atomic mass is 9.93. The highest BCUT2D eigenvalue weighted by Crippen LogP contribution is 2.42. The first-order valence-electron chi connectivity index (χ1n) is 12.9. The third-order valence-electron chi connectivity index (χ3n) is 6.85. The first-order valence-corrected chi connectivity index (χ1v) is 15.4. The van der Waals surface area contributed by atoms with Gasteiger partial charge in [0, 0.05) is 30.9 Å². The van der Waals surface area contributed by atoms with E-state index in [4.69, 9.17) is 9.41 Å². The molecule has 8 heteroatoms. The molecule has 1 aliphatic rings. The molecule has 3 aromatic rings. The van der Waals surface area contributed by atoms with Gasteiger partial charge >= 0.3 is 0 Å². The molecule has 0 saturated carbocycles. The fourth-order valence-corrected chi connectivity index (χ4v) is 8.29. The topological polar surface area (TPSA) is 65.9 Å². The predicted molar refractivity (Wildman–Crippen MR) is 150 cm³/mol. The summed E-state index contributed by atoms with van der Waals surface area (Å²) >= 11 is 1.50. The maximum Gasteiger partial charge on any atom is 0.273 e. The van der Waals surface area contributed by atoms with Gasteiger partial charge in [0.2, 0.25) is 9.04 Å². The minimum atomic E-state index is -1.97. The van der Waals surface area contributed by atoms with E-state index in [1.807, 2.05) is 31.4 Å². The Morgan fingerprint density at radius 2 is 1.81 bits per heavy atom. The Labute approximate surface area is 220 Å². The lowest BCUT2D eigenvalue weighted by Gasteiger charge is -2.54. The van der Waals surface area contributed by atoms with Gasteiger partial charge in [0.15, 0.2) is 5.13 Å². The number of rotatable bonds is 12. The Bertz CT molecular complexity index is 1070. The molecule has 1 amide bonds. The van der Waals surface area contributed by atoms with Gasteiger partial charge in [0.05, 0.1) is 6.61 Å². The van der Waals surface area contributed by atoms with Crippen molar-refractivity contribution in [2.75, 3.05) is 24.6 Å². The fraction of sp³-hybridized carbons (Fsp3) is 0.429. The molecule has 1 N–H and O–H groups in total. The number of carbonyl (C=O) groups is 1. The zero-order chi connectivity index (χ0) is 25.5. The van der Waals surface area contributed by atoms with Crippen LogP contribution in [0.1, 0.15) is 56.9 Å². The van der Waals surface area contributed by atoms with Crippen molar-refractivity contribution in [3.05, 3.63) is 71.7 Å². The number of amides is 1. The van der Waals surface area contributed by atoms with E-state index >= 15 is 0 Å². The molecule has 1 unspecified atom stereocenters. The number of carbonyl (C=O) groups excluding carboxylic acids is 1. The highest BCUT2D eigenvalue weighted by atomic mass is 32.1. The van der Waals surface area contributed by atoms with Crippen molar-refractivity contribution in [2.45, 2.75) is 58.2 Å². The minimum absolute atomic E-state index is 0.00529. The molecule has 0 aliphatic carbocycles. The Morgan fingerprint density at radius 3 is 2.31 bits per heavy atom. The number of anilines is 1. The maximum atomic E-state index is 13.1. The van der Waals surface area contributed by atoms with Crippen LogP contribution < -0.4 is 15.3 Å². The number of aromatic nitrogens is 1. The quantitative estimate of drug-likeness (QED) is 0.367. The second-order valence-corrected chi connectivity index (χ2v) is 12.8. The van der Waals surface area contributed by atoms with Gasteiger partial charge in [-0.3, -0.25) is 4.79 Å². The fourth-order valence-electron chi connectivity index (χ4n) is 4.78.